The molecule has 6 heteroatoms. The monoisotopic (exact) mass is 234 g/mol. The molecular weight excluding hydrogens is 216 g/mol. The topological polar surface area (TPSA) is 69.7 Å². The lowest BCUT2D eigenvalue weighted by molar-refractivity contribution is 0.703. The second-order valence-electron chi connectivity index (χ2n) is 3.89. The van der Waals surface area contributed by atoms with E-state index < -0.39 is 0 Å². The van der Waals surface area contributed by atoms with Gasteiger partial charge in [0, 0.05) is 19.6 Å². The van der Waals surface area contributed by atoms with Gasteiger partial charge in [-0.25, -0.2) is 15.0 Å². The Morgan fingerprint density at radius 1 is 1.29 bits per heavy atom. The van der Waals surface area contributed by atoms with Crippen LogP contribution in [0.2, 0.25) is 0 Å². The molecule has 6 nitrogen and oxygen atoms in total. The highest BCUT2D eigenvalue weighted by Crippen LogP contribution is 2.19. The summed E-state index contributed by atoms with van der Waals surface area (Å²) in [6.45, 7) is 5.00. The average Bonchev–Trinajstić information content (AvgIpc) is 2.82. The van der Waals surface area contributed by atoms with Gasteiger partial charge in [-0.2, -0.15) is 0 Å². The molecule has 0 aliphatic carbocycles. The molecule has 0 radical (unpaired) electrons. The van der Waals surface area contributed by atoms with Gasteiger partial charge >= 0.3 is 0 Å². The maximum atomic E-state index is 4.37. The van der Waals surface area contributed by atoms with Gasteiger partial charge in [0.15, 0.2) is 11.5 Å². The molecule has 2 rings (SSSR count). The zero-order valence-corrected chi connectivity index (χ0v) is 10.3. The van der Waals surface area contributed by atoms with Gasteiger partial charge in [-0.15, -0.1) is 0 Å². The number of nitrogens with zero attached hydrogens (tertiary/aromatic N) is 4. The minimum Gasteiger partial charge on any atom is -0.353 e. The molecule has 0 aromatic carbocycles. The lowest BCUT2D eigenvalue weighted by atomic mass is 10.3. The van der Waals surface area contributed by atoms with Crippen LogP contribution in [0.3, 0.4) is 0 Å². The Morgan fingerprint density at radius 3 is 2.94 bits per heavy atom. The van der Waals surface area contributed by atoms with Crippen LogP contribution >= 0.6 is 0 Å². The van der Waals surface area contributed by atoms with Crippen molar-refractivity contribution in [1.29, 1.82) is 0 Å². The van der Waals surface area contributed by atoms with Crippen molar-refractivity contribution >= 4 is 17.0 Å². The third-order valence-electron chi connectivity index (χ3n) is 2.63. The summed E-state index contributed by atoms with van der Waals surface area (Å²) in [4.78, 5) is 18.0. The molecular formula is C11H18N6. The van der Waals surface area contributed by atoms with Crippen LogP contribution in [0.25, 0.3) is 11.2 Å². The summed E-state index contributed by atoms with van der Waals surface area (Å²) < 4.78 is 0. The minimum absolute atomic E-state index is 0.723. The normalized spacial score (nSPS) is 10.9. The number of H-pyrrole nitrogens is 1. The molecule has 2 aromatic heterocycles. The summed E-state index contributed by atoms with van der Waals surface area (Å²) in [6, 6.07) is 0. The smallest absolute Gasteiger partial charge is 0.182 e. The van der Waals surface area contributed by atoms with Gasteiger partial charge in [-0.3, -0.25) is 0 Å². The highest BCUT2D eigenvalue weighted by atomic mass is 15.2. The van der Waals surface area contributed by atoms with Crippen LogP contribution in [0.15, 0.2) is 12.7 Å². The van der Waals surface area contributed by atoms with Gasteiger partial charge in [-0.05, 0) is 13.5 Å². The summed E-state index contributed by atoms with van der Waals surface area (Å²) in [7, 11) is 1.95. The molecule has 2 aromatic rings. The first-order valence-electron chi connectivity index (χ1n) is 5.90. The second kappa shape index (κ2) is 5.58. The van der Waals surface area contributed by atoms with E-state index in [-0.39, 0.29) is 0 Å². The van der Waals surface area contributed by atoms with E-state index in [4.69, 9.17) is 0 Å². The Balaban J connectivity index is 2.30. The zero-order valence-electron chi connectivity index (χ0n) is 10.3. The molecule has 2 heterocycles. The number of fused-ring (bicyclic) bond motifs is 1. The minimum atomic E-state index is 0.723. The lowest BCUT2D eigenvalue weighted by Crippen LogP contribution is -2.32. The van der Waals surface area contributed by atoms with E-state index in [1.165, 1.54) is 0 Å². The SMILES string of the molecule is CCCN(CCNC)c1ncnc2nc[nH]c12. The van der Waals surface area contributed by atoms with Crippen molar-refractivity contribution in [2.75, 3.05) is 31.6 Å². The van der Waals surface area contributed by atoms with Crippen LogP contribution in [0, 0.1) is 0 Å². The molecule has 2 N–H and O–H groups in total. The molecule has 92 valence electrons. The van der Waals surface area contributed by atoms with Crippen LogP contribution in [0.4, 0.5) is 5.82 Å². The molecule has 0 fully saturated rings. The number of anilines is 1. The zero-order chi connectivity index (χ0) is 12.1. The van der Waals surface area contributed by atoms with Crippen molar-refractivity contribution < 1.29 is 0 Å². The fraction of sp³-hybridized carbons (Fsp3) is 0.545. The highest BCUT2D eigenvalue weighted by molar-refractivity contribution is 5.82. The Bertz CT molecular complexity index is 466. The quantitative estimate of drug-likeness (QED) is 0.773. The number of nitrogens with one attached hydrogen (secondary N) is 2. The van der Waals surface area contributed by atoms with E-state index in [0.29, 0.717) is 0 Å². The fourth-order valence-corrected chi connectivity index (χ4v) is 1.83. The highest BCUT2D eigenvalue weighted by Gasteiger charge is 2.12. The number of imidazole rings is 1. The summed E-state index contributed by atoms with van der Waals surface area (Å²) >= 11 is 0. The number of likely N-dealkylation sites (N-methyl/N-ethyl adjacent to an activating group) is 1. The van der Waals surface area contributed by atoms with Gasteiger partial charge < -0.3 is 15.2 Å². The third kappa shape index (κ3) is 2.52. The van der Waals surface area contributed by atoms with Crippen LogP contribution in [-0.4, -0.2) is 46.6 Å². The predicted octanol–water partition coefficient (Wildman–Crippen LogP) is 0.789. The van der Waals surface area contributed by atoms with E-state index in [0.717, 1.165) is 43.0 Å². The van der Waals surface area contributed by atoms with Gasteiger partial charge in [0.25, 0.3) is 0 Å². The van der Waals surface area contributed by atoms with E-state index in [1.807, 2.05) is 7.05 Å². The largest absolute Gasteiger partial charge is 0.353 e. The third-order valence-corrected chi connectivity index (χ3v) is 2.63. The molecule has 0 aliphatic heterocycles. The molecule has 0 saturated heterocycles. The average molecular weight is 234 g/mol. The summed E-state index contributed by atoms with van der Waals surface area (Å²) in [5.74, 6) is 0.935. The van der Waals surface area contributed by atoms with Crippen LogP contribution in [0.1, 0.15) is 13.3 Å². The van der Waals surface area contributed by atoms with Crippen LogP contribution in [0.5, 0.6) is 0 Å². The van der Waals surface area contributed by atoms with Crippen molar-refractivity contribution in [3.63, 3.8) is 0 Å². The van der Waals surface area contributed by atoms with Crippen LogP contribution in [-0.2, 0) is 0 Å². The molecule has 0 unspecified atom stereocenters. The first-order valence-corrected chi connectivity index (χ1v) is 5.90. The fourth-order valence-electron chi connectivity index (χ4n) is 1.83. The van der Waals surface area contributed by atoms with Crippen molar-refractivity contribution in [2.24, 2.45) is 0 Å². The number of aromatic nitrogens is 4. The lowest BCUT2D eigenvalue weighted by Gasteiger charge is -2.23. The van der Waals surface area contributed by atoms with Crippen LogP contribution < -0.4 is 10.2 Å². The van der Waals surface area contributed by atoms with Crippen molar-refractivity contribution in [3.05, 3.63) is 12.7 Å². The summed E-state index contributed by atoms with van der Waals surface area (Å²) in [6.07, 6.45) is 4.31. The first-order chi connectivity index (χ1) is 8.36. The van der Waals surface area contributed by atoms with Gasteiger partial charge in [0.05, 0.1) is 6.33 Å². The second-order valence-corrected chi connectivity index (χ2v) is 3.89. The maximum Gasteiger partial charge on any atom is 0.182 e. The first kappa shape index (κ1) is 11.8. The van der Waals surface area contributed by atoms with E-state index in [9.17, 15) is 0 Å². The van der Waals surface area contributed by atoms with Crippen molar-refractivity contribution in [3.8, 4) is 0 Å². The van der Waals surface area contributed by atoms with E-state index in [2.05, 4.69) is 37.1 Å². The summed E-state index contributed by atoms with van der Waals surface area (Å²) in [5, 5.41) is 3.16. The summed E-state index contributed by atoms with van der Waals surface area (Å²) in [5.41, 5.74) is 1.64. The molecule has 0 aliphatic rings. The van der Waals surface area contributed by atoms with Gasteiger partial charge in [0.1, 0.15) is 11.8 Å². The number of hydrogen-bond donors (Lipinski definition) is 2. The molecule has 0 bridgehead atoms. The molecule has 0 spiro atoms. The Morgan fingerprint density at radius 2 is 2.18 bits per heavy atom. The number of aromatic amines is 1. The van der Waals surface area contributed by atoms with E-state index >= 15 is 0 Å². The Hall–Kier alpha value is -1.69. The standard InChI is InChI=1S/C11H18N6/c1-3-5-17(6-4-12-2)11-9-10(14-7-13-9)15-8-16-11/h7-8,12H,3-6H2,1-2H3,(H,13,14,15,16). The Labute approximate surface area is 100 Å². The maximum absolute atomic E-state index is 4.37. The molecule has 0 saturated carbocycles. The molecule has 0 atom stereocenters. The van der Waals surface area contributed by atoms with Crippen molar-refractivity contribution in [2.45, 2.75) is 13.3 Å². The van der Waals surface area contributed by atoms with E-state index in [1.54, 1.807) is 12.7 Å². The molecule has 0 amide bonds. The predicted molar refractivity (Wildman–Crippen MR) is 68.1 cm³/mol. The van der Waals surface area contributed by atoms with Crippen molar-refractivity contribution in [1.82, 2.24) is 25.3 Å². The van der Waals surface area contributed by atoms with Gasteiger partial charge in [-0.1, -0.05) is 6.92 Å². The number of rotatable bonds is 6. The number of hydrogen-bond acceptors (Lipinski definition) is 5. The molecule has 17 heavy (non-hydrogen) atoms. The Kier molecular flexibility index (Phi) is 3.87. The van der Waals surface area contributed by atoms with Gasteiger partial charge in [0.2, 0.25) is 0 Å².